The molecule has 0 unspecified atom stereocenters. The van der Waals surface area contributed by atoms with E-state index in [1.807, 2.05) is 31.2 Å². The van der Waals surface area contributed by atoms with Crippen LogP contribution >= 0.6 is 0 Å². The summed E-state index contributed by atoms with van der Waals surface area (Å²) < 4.78 is 0. The highest BCUT2D eigenvalue weighted by Crippen LogP contribution is 2.27. The number of hydrogen-bond donors (Lipinski definition) is 3. The molecule has 0 atom stereocenters. The molecule has 0 spiro atoms. The fourth-order valence-corrected chi connectivity index (χ4v) is 3.45. The minimum atomic E-state index is -0.893. The van der Waals surface area contributed by atoms with Gasteiger partial charge in [0.1, 0.15) is 0 Å². The van der Waals surface area contributed by atoms with Crippen LogP contribution in [0, 0.1) is 6.92 Å². The van der Waals surface area contributed by atoms with Crippen LogP contribution in [0.15, 0.2) is 47.6 Å². The van der Waals surface area contributed by atoms with E-state index in [0.717, 1.165) is 30.5 Å². The molecule has 0 saturated heterocycles. The summed E-state index contributed by atoms with van der Waals surface area (Å²) in [5.41, 5.74) is 7.33. The average Bonchev–Trinajstić information content (AvgIpc) is 2.73. The predicted molar refractivity (Wildman–Crippen MR) is 117 cm³/mol. The van der Waals surface area contributed by atoms with Gasteiger partial charge in [-0.1, -0.05) is 30.3 Å². The summed E-state index contributed by atoms with van der Waals surface area (Å²) in [6.07, 6.45) is 4.31. The Balaban J connectivity index is 1.52. The van der Waals surface area contributed by atoms with Gasteiger partial charge in [0.2, 0.25) is 5.91 Å². The highest BCUT2D eigenvalue weighted by Gasteiger charge is 2.16. The smallest absolute Gasteiger partial charge is 0.325 e. The summed E-state index contributed by atoms with van der Waals surface area (Å²) in [7, 11) is 0. The zero-order chi connectivity index (χ0) is 21.5. The lowest BCUT2D eigenvalue weighted by Gasteiger charge is -2.19. The molecule has 0 aliphatic heterocycles. The maximum atomic E-state index is 12.4. The molecule has 1 aliphatic carbocycles. The molecule has 7 heteroatoms. The van der Waals surface area contributed by atoms with Crippen molar-refractivity contribution in [2.75, 3.05) is 10.6 Å². The molecule has 0 radical (unpaired) electrons. The van der Waals surface area contributed by atoms with Crippen LogP contribution < -0.4 is 16.1 Å². The Labute approximate surface area is 175 Å². The minimum absolute atomic E-state index is 0.0172. The topological polar surface area (TPSA) is 99.7 Å². The summed E-state index contributed by atoms with van der Waals surface area (Å²) in [5.74, 6) is -1.93. The number of amides is 3. The van der Waals surface area contributed by atoms with E-state index in [9.17, 15) is 14.4 Å². The van der Waals surface area contributed by atoms with Gasteiger partial charge in [0.05, 0.1) is 6.42 Å². The first kappa shape index (κ1) is 21.2. The molecule has 7 nitrogen and oxygen atoms in total. The molecule has 0 fully saturated rings. The number of hydrazone groups is 1. The Bertz CT molecular complexity index is 998. The van der Waals surface area contributed by atoms with Crippen LogP contribution in [0.2, 0.25) is 0 Å². The molecule has 3 amide bonds. The first-order valence-electron chi connectivity index (χ1n) is 10.0. The van der Waals surface area contributed by atoms with Gasteiger partial charge in [-0.15, -0.1) is 0 Å². The number of benzene rings is 2. The van der Waals surface area contributed by atoms with Crippen LogP contribution in [0.5, 0.6) is 0 Å². The molecule has 3 rings (SSSR count). The van der Waals surface area contributed by atoms with Gasteiger partial charge in [0, 0.05) is 17.1 Å². The third-order valence-electron chi connectivity index (χ3n) is 5.03. The number of hydrogen-bond acceptors (Lipinski definition) is 4. The Morgan fingerprint density at radius 3 is 2.43 bits per heavy atom. The number of carbonyl (C=O) groups is 3. The monoisotopic (exact) mass is 406 g/mol. The van der Waals surface area contributed by atoms with Crippen molar-refractivity contribution in [2.45, 2.75) is 46.0 Å². The van der Waals surface area contributed by atoms with Crippen molar-refractivity contribution < 1.29 is 14.4 Å². The second-order valence-corrected chi connectivity index (χ2v) is 7.43. The van der Waals surface area contributed by atoms with Crippen LogP contribution in [0.25, 0.3) is 0 Å². The molecule has 0 aromatic heterocycles. The minimum Gasteiger partial charge on any atom is -0.325 e. The van der Waals surface area contributed by atoms with E-state index >= 15 is 0 Å². The molecule has 0 saturated carbocycles. The van der Waals surface area contributed by atoms with E-state index in [-0.39, 0.29) is 12.3 Å². The molecular formula is C23H26N4O3. The quantitative estimate of drug-likeness (QED) is 0.403. The fourth-order valence-electron chi connectivity index (χ4n) is 3.45. The van der Waals surface area contributed by atoms with Crippen molar-refractivity contribution in [2.24, 2.45) is 5.10 Å². The van der Waals surface area contributed by atoms with Gasteiger partial charge in [0.15, 0.2) is 0 Å². The van der Waals surface area contributed by atoms with Crippen molar-refractivity contribution in [3.8, 4) is 0 Å². The Morgan fingerprint density at radius 2 is 1.63 bits per heavy atom. The largest absolute Gasteiger partial charge is 0.329 e. The van der Waals surface area contributed by atoms with E-state index in [2.05, 4.69) is 27.2 Å². The second kappa shape index (κ2) is 9.82. The molecule has 0 bridgehead atoms. The highest BCUT2D eigenvalue weighted by atomic mass is 16.2. The lowest BCUT2D eigenvalue weighted by Crippen LogP contribution is -2.33. The van der Waals surface area contributed by atoms with E-state index in [1.165, 1.54) is 17.5 Å². The second-order valence-electron chi connectivity index (χ2n) is 7.43. The Kier molecular flexibility index (Phi) is 6.95. The number of aryl methyl sites for hydroxylation is 2. The van der Waals surface area contributed by atoms with Gasteiger partial charge in [-0.25, -0.2) is 5.43 Å². The van der Waals surface area contributed by atoms with Crippen molar-refractivity contribution in [3.05, 3.63) is 59.2 Å². The number of carbonyl (C=O) groups excluding carboxylic acids is 3. The van der Waals surface area contributed by atoms with E-state index in [0.29, 0.717) is 11.4 Å². The SMILES string of the molecule is C/C(CC(=O)Nc1cccc2c1CCCC2)=N/NC(=O)C(=O)Nc1ccccc1C. The van der Waals surface area contributed by atoms with Crippen LogP contribution in [0.4, 0.5) is 11.4 Å². The van der Waals surface area contributed by atoms with Gasteiger partial charge in [-0.05, 0) is 68.4 Å². The molecule has 156 valence electrons. The van der Waals surface area contributed by atoms with Crippen molar-refractivity contribution in [3.63, 3.8) is 0 Å². The fraction of sp³-hybridized carbons (Fsp3) is 0.304. The number of anilines is 2. The maximum absolute atomic E-state index is 12.4. The molecular weight excluding hydrogens is 380 g/mol. The van der Waals surface area contributed by atoms with Gasteiger partial charge in [0.25, 0.3) is 0 Å². The molecule has 1 aliphatic rings. The third-order valence-corrected chi connectivity index (χ3v) is 5.03. The van der Waals surface area contributed by atoms with Crippen molar-refractivity contribution in [1.29, 1.82) is 0 Å². The molecule has 30 heavy (non-hydrogen) atoms. The van der Waals surface area contributed by atoms with Gasteiger partial charge >= 0.3 is 11.8 Å². The van der Waals surface area contributed by atoms with Crippen LogP contribution in [-0.4, -0.2) is 23.4 Å². The molecule has 2 aromatic rings. The Hall–Kier alpha value is -3.48. The third kappa shape index (κ3) is 5.53. The number of nitrogens with one attached hydrogen (secondary N) is 3. The van der Waals surface area contributed by atoms with Crippen LogP contribution in [0.3, 0.4) is 0 Å². The maximum Gasteiger partial charge on any atom is 0.329 e. The normalized spacial score (nSPS) is 13.2. The highest BCUT2D eigenvalue weighted by molar-refractivity contribution is 6.39. The van der Waals surface area contributed by atoms with Crippen LogP contribution in [0.1, 0.15) is 42.9 Å². The van der Waals surface area contributed by atoms with Crippen LogP contribution in [-0.2, 0) is 27.2 Å². The lowest BCUT2D eigenvalue weighted by atomic mass is 9.90. The van der Waals surface area contributed by atoms with Gasteiger partial charge in [-0.3, -0.25) is 14.4 Å². The zero-order valence-electron chi connectivity index (χ0n) is 17.2. The summed E-state index contributed by atoms with van der Waals surface area (Å²) in [5, 5.41) is 9.35. The standard InChI is InChI=1S/C23H26N4O3/c1-15-8-3-6-12-19(15)25-22(29)23(30)27-26-16(2)14-21(28)24-20-13-7-10-17-9-4-5-11-18(17)20/h3,6-8,10,12-13H,4-5,9,11,14H2,1-2H3,(H,24,28)(H,25,29)(H,27,30)/b26-16-. The zero-order valence-corrected chi connectivity index (χ0v) is 17.2. The molecule has 3 N–H and O–H groups in total. The summed E-state index contributed by atoms with van der Waals surface area (Å²) in [4.78, 5) is 36.4. The summed E-state index contributed by atoms with van der Waals surface area (Å²) in [6, 6.07) is 13.1. The summed E-state index contributed by atoms with van der Waals surface area (Å²) >= 11 is 0. The lowest BCUT2D eigenvalue weighted by molar-refractivity contribution is -0.136. The number of nitrogens with zero attached hydrogens (tertiary/aromatic N) is 1. The van der Waals surface area contributed by atoms with Gasteiger partial charge in [-0.2, -0.15) is 5.10 Å². The predicted octanol–water partition coefficient (Wildman–Crippen LogP) is 3.33. The summed E-state index contributed by atoms with van der Waals surface area (Å²) in [6.45, 7) is 3.46. The molecule has 0 heterocycles. The number of para-hydroxylation sites is 1. The Morgan fingerprint density at radius 1 is 0.900 bits per heavy atom. The number of rotatable bonds is 5. The van der Waals surface area contributed by atoms with Gasteiger partial charge < -0.3 is 10.6 Å². The first-order valence-corrected chi connectivity index (χ1v) is 10.0. The van der Waals surface area contributed by atoms with Crippen molar-refractivity contribution >= 4 is 34.8 Å². The van der Waals surface area contributed by atoms with E-state index in [4.69, 9.17) is 0 Å². The molecule has 2 aromatic carbocycles. The first-order chi connectivity index (χ1) is 14.4. The number of fused-ring (bicyclic) bond motifs is 1. The van der Waals surface area contributed by atoms with E-state index < -0.39 is 11.8 Å². The van der Waals surface area contributed by atoms with Crippen molar-refractivity contribution in [1.82, 2.24) is 5.43 Å². The average molecular weight is 406 g/mol. The van der Waals surface area contributed by atoms with E-state index in [1.54, 1.807) is 19.1 Å².